The molecule has 1 unspecified atom stereocenters. The average Bonchev–Trinajstić information content (AvgIpc) is 3.48. The first-order valence-corrected chi connectivity index (χ1v) is 13.0. The first-order chi connectivity index (χ1) is 19.0. The third-order valence-corrected chi connectivity index (χ3v) is 7.11. The van der Waals surface area contributed by atoms with E-state index in [0.29, 0.717) is 55.5 Å². The second-order valence-electron chi connectivity index (χ2n) is 9.51. The molecule has 9 heteroatoms. The van der Waals surface area contributed by atoms with Gasteiger partial charge in [0.2, 0.25) is 0 Å². The molecule has 2 aliphatic heterocycles. The maximum Gasteiger partial charge on any atom is 0.295 e. The molecule has 2 fully saturated rings. The highest BCUT2D eigenvalue weighted by Crippen LogP contribution is 2.40. The van der Waals surface area contributed by atoms with Crippen molar-refractivity contribution >= 4 is 17.4 Å². The van der Waals surface area contributed by atoms with Crippen molar-refractivity contribution in [2.75, 3.05) is 46.0 Å². The van der Waals surface area contributed by atoms with Gasteiger partial charge in [-0.25, -0.2) is 4.68 Å². The van der Waals surface area contributed by atoms with Gasteiger partial charge in [-0.1, -0.05) is 43.0 Å². The van der Waals surface area contributed by atoms with Gasteiger partial charge in [0.1, 0.15) is 18.1 Å². The van der Waals surface area contributed by atoms with Crippen LogP contribution in [0, 0.1) is 6.92 Å². The minimum absolute atomic E-state index is 0.0403. The molecule has 5 rings (SSSR count). The van der Waals surface area contributed by atoms with Crippen molar-refractivity contribution in [2.45, 2.75) is 13.0 Å². The van der Waals surface area contributed by atoms with Crippen LogP contribution in [0.3, 0.4) is 0 Å². The lowest BCUT2D eigenvalue weighted by molar-refractivity contribution is -0.140. The highest BCUT2D eigenvalue weighted by molar-refractivity contribution is 6.46. The van der Waals surface area contributed by atoms with Crippen molar-refractivity contribution in [1.29, 1.82) is 0 Å². The van der Waals surface area contributed by atoms with Gasteiger partial charge in [0.15, 0.2) is 0 Å². The van der Waals surface area contributed by atoms with Crippen LogP contribution in [-0.4, -0.2) is 82.4 Å². The number of rotatable bonds is 9. The number of para-hydroxylation sites is 1. The normalized spacial score (nSPS) is 19.4. The van der Waals surface area contributed by atoms with Gasteiger partial charge < -0.3 is 19.5 Å². The van der Waals surface area contributed by atoms with E-state index in [-0.39, 0.29) is 11.3 Å². The molecule has 2 aromatic carbocycles. The number of amides is 1. The first kappa shape index (κ1) is 26.4. The minimum atomic E-state index is -0.780. The molecule has 0 spiro atoms. The van der Waals surface area contributed by atoms with Gasteiger partial charge >= 0.3 is 0 Å². The van der Waals surface area contributed by atoms with Crippen LogP contribution in [0.2, 0.25) is 0 Å². The molecule has 9 nitrogen and oxygen atoms in total. The van der Waals surface area contributed by atoms with Gasteiger partial charge in [-0.2, -0.15) is 5.10 Å². The van der Waals surface area contributed by atoms with Gasteiger partial charge in [-0.05, 0) is 36.8 Å². The van der Waals surface area contributed by atoms with Crippen LogP contribution in [0.25, 0.3) is 11.4 Å². The Morgan fingerprint density at radius 2 is 1.90 bits per heavy atom. The van der Waals surface area contributed by atoms with Crippen molar-refractivity contribution in [3.8, 4) is 11.4 Å². The summed E-state index contributed by atoms with van der Waals surface area (Å²) in [4.78, 5) is 30.6. The number of ether oxygens (including phenoxy) is 2. The predicted octanol–water partition coefficient (Wildman–Crippen LogP) is 3.50. The Labute approximate surface area is 227 Å². The number of ketones is 1. The average molecular weight is 529 g/mol. The van der Waals surface area contributed by atoms with Crippen molar-refractivity contribution in [1.82, 2.24) is 19.6 Å². The minimum Gasteiger partial charge on any atom is -0.507 e. The van der Waals surface area contributed by atoms with Crippen LogP contribution in [0.4, 0.5) is 0 Å². The number of aliphatic hydroxyl groups excluding tert-OH is 1. The number of aromatic nitrogens is 2. The Bertz CT molecular complexity index is 1390. The summed E-state index contributed by atoms with van der Waals surface area (Å²) in [5.74, 6) is -1.02. The maximum absolute atomic E-state index is 13.5. The summed E-state index contributed by atoms with van der Waals surface area (Å²) in [6.45, 7) is 9.54. The molecule has 0 saturated carbocycles. The smallest absolute Gasteiger partial charge is 0.295 e. The van der Waals surface area contributed by atoms with Gasteiger partial charge in [0.05, 0.1) is 48.0 Å². The fourth-order valence-corrected chi connectivity index (χ4v) is 5.08. The van der Waals surface area contributed by atoms with Gasteiger partial charge in [0, 0.05) is 26.2 Å². The first-order valence-electron chi connectivity index (χ1n) is 13.0. The largest absolute Gasteiger partial charge is 0.507 e. The zero-order valence-electron chi connectivity index (χ0n) is 22.0. The van der Waals surface area contributed by atoms with E-state index in [1.165, 1.54) is 6.20 Å². The number of carbonyl (C=O) groups excluding carboxylic acids is 2. The molecular weight excluding hydrogens is 496 g/mol. The standard InChI is InChI=1S/C30H32N4O5/c1-3-16-39-24-11-7-8-22(19-24)27-26(29(36)30(37)33(27)13-12-32-14-17-38-18-15-32)28(35)25-20-31-34(21(25)2)23-9-5-4-6-10-23/h3-11,19-20,27,35H,1,12-18H2,2H3. The molecule has 1 amide bonds. The second-order valence-corrected chi connectivity index (χ2v) is 9.51. The lowest BCUT2D eigenvalue weighted by atomic mass is 9.95. The number of hydrogen-bond donors (Lipinski definition) is 1. The van der Waals surface area contributed by atoms with E-state index in [4.69, 9.17) is 9.47 Å². The third-order valence-electron chi connectivity index (χ3n) is 7.11. The van der Waals surface area contributed by atoms with Crippen LogP contribution in [0.15, 0.2) is 79.0 Å². The SMILES string of the molecule is C=CCOc1cccc(C2C(=C(O)c3cnn(-c4ccccc4)c3C)C(=O)C(=O)N2CCN2CCOCC2)c1. The molecule has 3 heterocycles. The molecule has 1 aromatic heterocycles. The lowest BCUT2D eigenvalue weighted by Crippen LogP contribution is -2.42. The fourth-order valence-electron chi connectivity index (χ4n) is 5.08. The van der Waals surface area contributed by atoms with E-state index in [0.717, 1.165) is 18.8 Å². The Morgan fingerprint density at radius 3 is 2.64 bits per heavy atom. The van der Waals surface area contributed by atoms with Crippen molar-refractivity contribution in [3.05, 3.63) is 95.8 Å². The van der Waals surface area contributed by atoms with Gasteiger partial charge in [0.25, 0.3) is 11.7 Å². The lowest BCUT2D eigenvalue weighted by Gasteiger charge is -2.31. The number of hydrogen-bond acceptors (Lipinski definition) is 7. The summed E-state index contributed by atoms with van der Waals surface area (Å²) in [6.07, 6.45) is 3.17. The number of Topliss-reactive ketones (excluding diaryl/α,β-unsaturated/α-hetero) is 1. The van der Waals surface area contributed by atoms with Crippen LogP contribution in [0.1, 0.15) is 22.9 Å². The molecule has 1 atom stereocenters. The molecular formula is C30H32N4O5. The highest BCUT2D eigenvalue weighted by atomic mass is 16.5. The van der Waals surface area contributed by atoms with Crippen LogP contribution < -0.4 is 4.74 Å². The Balaban J connectivity index is 1.56. The van der Waals surface area contributed by atoms with E-state index in [9.17, 15) is 14.7 Å². The monoisotopic (exact) mass is 528 g/mol. The molecule has 202 valence electrons. The molecule has 0 aliphatic carbocycles. The van der Waals surface area contributed by atoms with Crippen LogP contribution in [0.5, 0.6) is 5.75 Å². The number of aliphatic hydroxyl groups is 1. The molecule has 2 aliphatic rings. The topological polar surface area (TPSA) is 97.1 Å². The van der Waals surface area contributed by atoms with E-state index >= 15 is 0 Å². The summed E-state index contributed by atoms with van der Waals surface area (Å²) in [7, 11) is 0. The number of carbonyl (C=O) groups is 2. The second kappa shape index (κ2) is 11.7. The third kappa shape index (κ3) is 5.36. The quantitative estimate of drug-likeness (QED) is 0.197. The molecule has 1 N–H and O–H groups in total. The van der Waals surface area contributed by atoms with Crippen molar-refractivity contribution < 1.29 is 24.2 Å². The maximum atomic E-state index is 13.5. The zero-order valence-corrected chi connectivity index (χ0v) is 22.0. The van der Waals surface area contributed by atoms with Gasteiger partial charge in [-0.15, -0.1) is 0 Å². The number of morpholine rings is 1. The van der Waals surface area contributed by atoms with Gasteiger partial charge in [-0.3, -0.25) is 14.5 Å². The number of nitrogens with zero attached hydrogens (tertiary/aromatic N) is 4. The predicted molar refractivity (Wildman–Crippen MR) is 147 cm³/mol. The molecule has 0 bridgehead atoms. The van der Waals surface area contributed by atoms with E-state index in [1.54, 1.807) is 27.8 Å². The summed E-state index contributed by atoms with van der Waals surface area (Å²) < 4.78 is 12.9. The molecule has 39 heavy (non-hydrogen) atoms. The molecule has 2 saturated heterocycles. The summed E-state index contributed by atoms with van der Waals surface area (Å²) >= 11 is 0. The van der Waals surface area contributed by atoms with E-state index in [2.05, 4.69) is 16.6 Å². The molecule has 3 aromatic rings. The van der Waals surface area contributed by atoms with Crippen molar-refractivity contribution in [3.63, 3.8) is 0 Å². The Kier molecular flexibility index (Phi) is 7.90. The zero-order chi connectivity index (χ0) is 27.4. The Hall–Kier alpha value is -4.21. The van der Waals surface area contributed by atoms with E-state index in [1.807, 2.05) is 49.4 Å². The number of likely N-dealkylation sites (tertiary alicyclic amines) is 1. The summed E-state index contributed by atoms with van der Waals surface area (Å²) in [6, 6.07) is 16.0. The van der Waals surface area contributed by atoms with Crippen LogP contribution >= 0.6 is 0 Å². The van der Waals surface area contributed by atoms with Crippen LogP contribution in [-0.2, 0) is 14.3 Å². The summed E-state index contributed by atoms with van der Waals surface area (Å²) in [5, 5.41) is 16.0. The number of benzene rings is 2. The van der Waals surface area contributed by atoms with E-state index < -0.39 is 17.7 Å². The molecule has 0 radical (unpaired) electrons. The summed E-state index contributed by atoms with van der Waals surface area (Å²) in [5.41, 5.74) is 2.59. The fraction of sp³-hybridized carbons (Fsp3) is 0.300. The Morgan fingerprint density at radius 1 is 1.13 bits per heavy atom. The van der Waals surface area contributed by atoms with Crippen molar-refractivity contribution in [2.24, 2.45) is 0 Å². The highest BCUT2D eigenvalue weighted by Gasteiger charge is 2.46.